The van der Waals surface area contributed by atoms with Crippen LogP contribution in [0.3, 0.4) is 0 Å². The highest BCUT2D eigenvalue weighted by atomic mass is 35.5. The maximum atomic E-state index is 13.1. The first-order valence-corrected chi connectivity index (χ1v) is 7.86. The van der Waals surface area contributed by atoms with E-state index < -0.39 is 15.8 Å². The van der Waals surface area contributed by atoms with E-state index >= 15 is 0 Å². The second-order valence-corrected chi connectivity index (χ2v) is 7.00. The minimum Gasteiger partial charge on any atom is -0.319 e. The summed E-state index contributed by atoms with van der Waals surface area (Å²) in [5.74, 6) is -0.300. The van der Waals surface area contributed by atoms with E-state index in [9.17, 15) is 12.8 Å². The lowest BCUT2D eigenvalue weighted by Crippen LogP contribution is -2.30. The van der Waals surface area contributed by atoms with E-state index in [1.165, 1.54) is 10.4 Å². The van der Waals surface area contributed by atoms with E-state index in [-0.39, 0.29) is 9.92 Å². The first-order valence-electron chi connectivity index (χ1n) is 6.05. The quantitative estimate of drug-likeness (QED) is 0.921. The monoisotopic (exact) mass is 306 g/mol. The lowest BCUT2D eigenvalue weighted by Gasteiger charge is -2.16. The zero-order valence-corrected chi connectivity index (χ0v) is 12.1. The minimum atomic E-state index is -3.57. The van der Waals surface area contributed by atoms with Crippen molar-refractivity contribution >= 4 is 21.6 Å². The molecule has 0 unspecified atom stereocenters. The summed E-state index contributed by atoms with van der Waals surface area (Å²) in [4.78, 5) is 0.0454. The minimum absolute atomic E-state index is 0.0454. The average molecular weight is 307 g/mol. The van der Waals surface area contributed by atoms with Crippen molar-refractivity contribution in [3.05, 3.63) is 29.0 Å². The Morgan fingerprint density at radius 2 is 2.26 bits per heavy atom. The average Bonchev–Trinajstić information content (AvgIpc) is 2.82. The second-order valence-electron chi connectivity index (χ2n) is 4.65. The Balaban J connectivity index is 2.21. The predicted molar refractivity (Wildman–Crippen MR) is 72.2 cm³/mol. The van der Waals surface area contributed by atoms with E-state index in [4.69, 9.17) is 11.6 Å². The molecule has 0 saturated carbocycles. The van der Waals surface area contributed by atoms with Gasteiger partial charge in [-0.05, 0) is 44.1 Å². The van der Waals surface area contributed by atoms with Crippen molar-refractivity contribution in [2.24, 2.45) is 5.92 Å². The first-order chi connectivity index (χ1) is 8.95. The number of hydrogen-bond donors (Lipinski definition) is 1. The second kappa shape index (κ2) is 5.75. The number of hydrogen-bond acceptors (Lipinski definition) is 3. The molecule has 1 aliphatic heterocycles. The molecule has 0 aromatic heterocycles. The van der Waals surface area contributed by atoms with E-state index in [1.807, 2.05) is 7.05 Å². The van der Waals surface area contributed by atoms with Crippen LogP contribution in [0.5, 0.6) is 0 Å². The number of benzene rings is 1. The molecule has 4 nitrogen and oxygen atoms in total. The Kier molecular flexibility index (Phi) is 4.45. The molecule has 1 aliphatic rings. The van der Waals surface area contributed by atoms with Crippen LogP contribution in [0.2, 0.25) is 5.02 Å². The van der Waals surface area contributed by atoms with Crippen molar-refractivity contribution in [2.75, 3.05) is 26.7 Å². The molecule has 1 saturated heterocycles. The summed E-state index contributed by atoms with van der Waals surface area (Å²) in [6, 6.07) is 3.50. The molecule has 2 rings (SSSR count). The van der Waals surface area contributed by atoms with Crippen LogP contribution in [0.1, 0.15) is 6.42 Å². The molecule has 0 aliphatic carbocycles. The molecule has 1 atom stereocenters. The molecular weight excluding hydrogens is 291 g/mol. The van der Waals surface area contributed by atoms with Crippen LogP contribution in [-0.4, -0.2) is 39.4 Å². The molecular formula is C12H16ClFN2O2S. The predicted octanol–water partition coefficient (Wildman–Crippen LogP) is 1.71. The SMILES string of the molecule is CNC[C@H]1CCN(S(=O)(=O)c2ccc(F)c(Cl)c2)C1. The number of rotatable bonds is 4. The molecule has 0 radical (unpaired) electrons. The number of nitrogens with one attached hydrogen (secondary N) is 1. The van der Waals surface area contributed by atoms with Crippen molar-refractivity contribution in [1.29, 1.82) is 0 Å². The third kappa shape index (κ3) is 3.08. The molecule has 0 bridgehead atoms. The van der Waals surface area contributed by atoms with Crippen molar-refractivity contribution in [1.82, 2.24) is 9.62 Å². The van der Waals surface area contributed by atoms with E-state index in [2.05, 4.69) is 5.32 Å². The van der Waals surface area contributed by atoms with Gasteiger partial charge in [0.2, 0.25) is 10.0 Å². The van der Waals surface area contributed by atoms with Crippen LogP contribution in [0.15, 0.2) is 23.1 Å². The largest absolute Gasteiger partial charge is 0.319 e. The Hall–Kier alpha value is -0.690. The third-order valence-corrected chi connectivity index (χ3v) is 5.42. The first kappa shape index (κ1) is 14.7. The summed E-state index contributed by atoms with van der Waals surface area (Å²) in [6.45, 7) is 1.76. The van der Waals surface area contributed by atoms with E-state index in [1.54, 1.807) is 0 Å². The zero-order valence-electron chi connectivity index (χ0n) is 10.6. The maximum absolute atomic E-state index is 13.1. The van der Waals surface area contributed by atoms with Crippen molar-refractivity contribution in [3.63, 3.8) is 0 Å². The number of sulfonamides is 1. The molecule has 1 aromatic carbocycles. The number of halogens is 2. The summed E-state index contributed by atoms with van der Waals surface area (Å²) in [5.41, 5.74) is 0. The normalized spacial score (nSPS) is 20.9. The van der Waals surface area contributed by atoms with Gasteiger partial charge in [0.1, 0.15) is 5.82 Å². The lowest BCUT2D eigenvalue weighted by molar-refractivity contribution is 0.451. The van der Waals surface area contributed by atoms with Gasteiger partial charge in [-0.3, -0.25) is 0 Å². The van der Waals surface area contributed by atoms with E-state index in [0.29, 0.717) is 19.0 Å². The highest BCUT2D eigenvalue weighted by Crippen LogP contribution is 2.26. The molecule has 1 N–H and O–H groups in total. The summed E-state index contributed by atoms with van der Waals surface area (Å²) in [7, 11) is -1.73. The highest BCUT2D eigenvalue weighted by Gasteiger charge is 2.32. The van der Waals surface area contributed by atoms with Gasteiger partial charge in [-0.25, -0.2) is 12.8 Å². The Labute approximate surface area is 117 Å². The fourth-order valence-electron chi connectivity index (χ4n) is 2.26. The van der Waals surface area contributed by atoms with Gasteiger partial charge in [0.15, 0.2) is 0 Å². The van der Waals surface area contributed by atoms with Gasteiger partial charge < -0.3 is 5.32 Å². The van der Waals surface area contributed by atoms with Crippen LogP contribution >= 0.6 is 11.6 Å². The maximum Gasteiger partial charge on any atom is 0.243 e. The smallest absolute Gasteiger partial charge is 0.243 e. The highest BCUT2D eigenvalue weighted by molar-refractivity contribution is 7.89. The van der Waals surface area contributed by atoms with Crippen LogP contribution in [-0.2, 0) is 10.0 Å². The van der Waals surface area contributed by atoms with Gasteiger partial charge >= 0.3 is 0 Å². The fraction of sp³-hybridized carbons (Fsp3) is 0.500. The van der Waals surface area contributed by atoms with Crippen LogP contribution in [0.4, 0.5) is 4.39 Å². The summed E-state index contributed by atoms with van der Waals surface area (Å²) < 4.78 is 39.3. The van der Waals surface area contributed by atoms with Crippen molar-refractivity contribution in [3.8, 4) is 0 Å². The van der Waals surface area contributed by atoms with Gasteiger partial charge in [0.05, 0.1) is 9.92 Å². The lowest BCUT2D eigenvalue weighted by atomic mass is 10.1. The molecule has 0 spiro atoms. The molecule has 0 amide bonds. The van der Waals surface area contributed by atoms with E-state index in [0.717, 1.165) is 25.1 Å². The molecule has 1 aromatic rings. The summed E-state index contributed by atoms with van der Waals surface area (Å²) >= 11 is 5.64. The molecule has 106 valence electrons. The van der Waals surface area contributed by atoms with Crippen LogP contribution in [0.25, 0.3) is 0 Å². The van der Waals surface area contributed by atoms with Crippen LogP contribution < -0.4 is 5.32 Å². The van der Waals surface area contributed by atoms with Crippen molar-refractivity contribution in [2.45, 2.75) is 11.3 Å². The molecule has 1 fully saturated rings. The summed E-state index contributed by atoms with van der Waals surface area (Å²) in [5, 5.41) is 2.87. The Morgan fingerprint density at radius 1 is 1.53 bits per heavy atom. The van der Waals surface area contributed by atoms with Gasteiger partial charge in [-0.15, -0.1) is 0 Å². The molecule has 7 heteroatoms. The third-order valence-electron chi connectivity index (χ3n) is 3.27. The topological polar surface area (TPSA) is 49.4 Å². The standard InChI is InChI=1S/C12H16ClFN2O2S/c1-15-7-9-4-5-16(8-9)19(17,18)10-2-3-12(14)11(13)6-10/h2-3,6,9,15H,4-5,7-8H2,1H3/t9-/m1/s1. The van der Waals surface area contributed by atoms with Gasteiger partial charge in [0.25, 0.3) is 0 Å². The van der Waals surface area contributed by atoms with Gasteiger partial charge in [-0.2, -0.15) is 4.31 Å². The Bertz CT molecular complexity index is 565. The molecule has 1 heterocycles. The number of nitrogens with zero attached hydrogens (tertiary/aromatic N) is 1. The van der Waals surface area contributed by atoms with Gasteiger partial charge in [-0.1, -0.05) is 11.6 Å². The summed E-state index contributed by atoms with van der Waals surface area (Å²) in [6.07, 6.45) is 0.828. The van der Waals surface area contributed by atoms with Crippen LogP contribution in [0, 0.1) is 11.7 Å². The Morgan fingerprint density at radius 3 is 2.89 bits per heavy atom. The fourth-order valence-corrected chi connectivity index (χ4v) is 4.06. The zero-order chi connectivity index (χ0) is 14.0. The van der Waals surface area contributed by atoms with Gasteiger partial charge in [0, 0.05) is 13.1 Å². The van der Waals surface area contributed by atoms with Crippen molar-refractivity contribution < 1.29 is 12.8 Å². The molecule has 19 heavy (non-hydrogen) atoms.